The average Bonchev–Trinajstić information content (AvgIpc) is 2.81. The lowest BCUT2D eigenvalue weighted by Gasteiger charge is -2.26. The summed E-state index contributed by atoms with van der Waals surface area (Å²) in [4.78, 5) is 25.5. The Morgan fingerprint density at radius 2 is 1.70 bits per heavy atom. The van der Waals surface area contributed by atoms with Crippen molar-refractivity contribution in [3.05, 3.63) is 77.3 Å². The zero-order valence-corrected chi connectivity index (χ0v) is 12.4. The molecular weight excluding hydrogens is 297 g/mol. The first kappa shape index (κ1) is 15.0. The third kappa shape index (κ3) is 2.40. The number of ketones is 1. The number of anilines is 1. The van der Waals surface area contributed by atoms with Gasteiger partial charge in [0.1, 0.15) is 5.82 Å². The van der Waals surface area contributed by atoms with Gasteiger partial charge in [-0.15, -0.1) is 0 Å². The molecule has 1 aliphatic rings. The number of nitrogens with zero attached hydrogens (tertiary/aromatic N) is 1. The Bertz CT molecular complexity index is 814. The van der Waals surface area contributed by atoms with E-state index < -0.39 is 29.3 Å². The SMILES string of the molecule is CC(=O)C1=C(O)C(=O)N(c2ccccc2F)C1c1ccccc1. The lowest BCUT2D eigenvalue weighted by Crippen LogP contribution is -2.31. The van der Waals surface area contributed by atoms with Crippen LogP contribution in [-0.2, 0) is 9.59 Å². The zero-order valence-electron chi connectivity index (χ0n) is 12.4. The molecule has 1 N–H and O–H groups in total. The summed E-state index contributed by atoms with van der Waals surface area (Å²) < 4.78 is 14.2. The smallest absolute Gasteiger partial charge is 0.294 e. The highest BCUT2D eigenvalue weighted by Gasteiger charge is 2.43. The number of amides is 1. The number of para-hydroxylation sites is 1. The standard InChI is InChI=1S/C18H14FNO3/c1-11(21)15-16(12-7-3-2-4-8-12)20(18(23)17(15)22)14-10-6-5-9-13(14)19/h2-10,16,22H,1H3. The first-order valence-electron chi connectivity index (χ1n) is 7.09. The third-order valence-corrected chi connectivity index (χ3v) is 3.81. The van der Waals surface area contributed by atoms with Crippen molar-refractivity contribution in [2.75, 3.05) is 4.90 Å². The molecule has 0 fully saturated rings. The predicted molar refractivity (Wildman–Crippen MR) is 83.4 cm³/mol. The van der Waals surface area contributed by atoms with Gasteiger partial charge in [0.05, 0.1) is 17.3 Å². The number of halogens is 1. The molecule has 1 atom stereocenters. The first-order valence-corrected chi connectivity index (χ1v) is 7.09. The molecular formula is C18H14FNO3. The van der Waals surface area contributed by atoms with Gasteiger partial charge in [-0.25, -0.2) is 4.39 Å². The Hall–Kier alpha value is -2.95. The van der Waals surface area contributed by atoms with Crippen LogP contribution >= 0.6 is 0 Å². The molecule has 1 amide bonds. The van der Waals surface area contributed by atoms with Crippen molar-refractivity contribution in [2.45, 2.75) is 13.0 Å². The highest BCUT2D eigenvalue weighted by Crippen LogP contribution is 2.41. The van der Waals surface area contributed by atoms with Crippen LogP contribution in [0.3, 0.4) is 0 Å². The number of carbonyl (C=O) groups is 2. The number of Topliss-reactive ketones (excluding diaryl/α,β-unsaturated/α-hetero) is 1. The van der Waals surface area contributed by atoms with Crippen LogP contribution in [0.15, 0.2) is 65.9 Å². The summed E-state index contributed by atoms with van der Waals surface area (Å²) in [5, 5.41) is 10.1. The number of hydrogen-bond donors (Lipinski definition) is 1. The highest BCUT2D eigenvalue weighted by atomic mass is 19.1. The van der Waals surface area contributed by atoms with E-state index in [1.807, 2.05) is 0 Å². The summed E-state index contributed by atoms with van der Waals surface area (Å²) in [7, 11) is 0. The number of aliphatic hydroxyl groups excluding tert-OH is 1. The molecule has 3 rings (SSSR count). The maximum absolute atomic E-state index is 14.2. The lowest BCUT2D eigenvalue weighted by atomic mass is 9.96. The van der Waals surface area contributed by atoms with Crippen molar-refractivity contribution in [3.8, 4) is 0 Å². The predicted octanol–water partition coefficient (Wildman–Crippen LogP) is 3.31. The normalized spacial score (nSPS) is 17.7. The molecule has 0 saturated carbocycles. The van der Waals surface area contributed by atoms with Gasteiger partial charge < -0.3 is 5.11 Å². The Morgan fingerprint density at radius 3 is 2.30 bits per heavy atom. The molecule has 23 heavy (non-hydrogen) atoms. The van der Waals surface area contributed by atoms with Crippen LogP contribution in [-0.4, -0.2) is 16.8 Å². The van der Waals surface area contributed by atoms with E-state index in [9.17, 15) is 19.1 Å². The lowest BCUT2D eigenvalue weighted by molar-refractivity contribution is -0.117. The molecule has 0 aromatic heterocycles. The molecule has 1 heterocycles. The van der Waals surface area contributed by atoms with Gasteiger partial charge in [-0.1, -0.05) is 42.5 Å². The monoisotopic (exact) mass is 311 g/mol. The maximum Gasteiger partial charge on any atom is 0.294 e. The van der Waals surface area contributed by atoms with Gasteiger partial charge in [0.25, 0.3) is 5.91 Å². The van der Waals surface area contributed by atoms with E-state index >= 15 is 0 Å². The van der Waals surface area contributed by atoms with Crippen LogP contribution in [0.1, 0.15) is 18.5 Å². The van der Waals surface area contributed by atoms with Crippen LogP contribution in [0, 0.1) is 5.82 Å². The summed E-state index contributed by atoms with van der Waals surface area (Å²) in [6.45, 7) is 1.28. The number of benzene rings is 2. The Balaban J connectivity index is 2.21. The second kappa shape index (κ2) is 5.68. The van der Waals surface area contributed by atoms with E-state index in [0.717, 1.165) is 4.90 Å². The largest absolute Gasteiger partial charge is 0.503 e. The van der Waals surface area contributed by atoms with Crippen LogP contribution in [0.2, 0.25) is 0 Å². The van der Waals surface area contributed by atoms with Gasteiger partial charge in [-0.3, -0.25) is 14.5 Å². The summed E-state index contributed by atoms with van der Waals surface area (Å²) in [5.41, 5.74) is 0.622. The van der Waals surface area contributed by atoms with E-state index in [4.69, 9.17) is 0 Å². The highest BCUT2D eigenvalue weighted by molar-refractivity contribution is 6.16. The first-order chi connectivity index (χ1) is 11.0. The molecule has 0 bridgehead atoms. The quantitative estimate of drug-likeness (QED) is 0.946. The molecule has 0 spiro atoms. The van der Waals surface area contributed by atoms with Gasteiger partial charge in [-0.05, 0) is 24.6 Å². The molecule has 1 unspecified atom stereocenters. The molecule has 2 aromatic rings. The third-order valence-electron chi connectivity index (χ3n) is 3.81. The molecule has 116 valence electrons. The second-order valence-electron chi connectivity index (χ2n) is 5.26. The van der Waals surface area contributed by atoms with E-state index in [-0.39, 0.29) is 11.3 Å². The van der Waals surface area contributed by atoms with Crippen molar-refractivity contribution in [1.29, 1.82) is 0 Å². The molecule has 1 aliphatic heterocycles. The van der Waals surface area contributed by atoms with E-state index in [1.165, 1.54) is 25.1 Å². The maximum atomic E-state index is 14.2. The number of hydrogen-bond acceptors (Lipinski definition) is 3. The summed E-state index contributed by atoms with van der Waals surface area (Å²) in [5.74, 6) is -2.44. The second-order valence-corrected chi connectivity index (χ2v) is 5.26. The van der Waals surface area contributed by atoms with Crippen molar-refractivity contribution >= 4 is 17.4 Å². The van der Waals surface area contributed by atoms with Crippen molar-refractivity contribution < 1.29 is 19.1 Å². The van der Waals surface area contributed by atoms with Crippen LogP contribution in [0.4, 0.5) is 10.1 Å². The molecule has 0 radical (unpaired) electrons. The topological polar surface area (TPSA) is 57.6 Å². The molecule has 5 heteroatoms. The number of aliphatic hydroxyl groups is 1. The molecule has 2 aromatic carbocycles. The van der Waals surface area contributed by atoms with Crippen LogP contribution in [0.5, 0.6) is 0 Å². The zero-order chi connectivity index (χ0) is 16.6. The average molecular weight is 311 g/mol. The Labute approximate surface area is 132 Å². The van der Waals surface area contributed by atoms with Gasteiger partial charge in [0, 0.05) is 0 Å². The summed E-state index contributed by atoms with van der Waals surface area (Å²) >= 11 is 0. The van der Waals surface area contributed by atoms with E-state index in [0.29, 0.717) is 5.56 Å². The van der Waals surface area contributed by atoms with Crippen molar-refractivity contribution in [3.63, 3.8) is 0 Å². The molecule has 4 nitrogen and oxygen atoms in total. The van der Waals surface area contributed by atoms with Gasteiger partial charge in [0.15, 0.2) is 11.5 Å². The van der Waals surface area contributed by atoms with E-state index in [2.05, 4.69) is 0 Å². The minimum Gasteiger partial charge on any atom is -0.503 e. The van der Waals surface area contributed by atoms with Gasteiger partial charge in [-0.2, -0.15) is 0 Å². The Kier molecular flexibility index (Phi) is 3.70. The number of carbonyl (C=O) groups excluding carboxylic acids is 2. The fourth-order valence-corrected chi connectivity index (χ4v) is 2.81. The fourth-order valence-electron chi connectivity index (χ4n) is 2.81. The van der Waals surface area contributed by atoms with Crippen LogP contribution in [0.25, 0.3) is 0 Å². The minimum atomic E-state index is -0.849. The van der Waals surface area contributed by atoms with E-state index in [1.54, 1.807) is 36.4 Å². The summed E-state index contributed by atoms with van der Waals surface area (Å²) in [6.07, 6.45) is 0. The molecule has 0 saturated heterocycles. The minimum absolute atomic E-state index is 0.0224. The van der Waals surface area contributed by atoms with Crippen molar-refractivity contribution in [1.82, 2.24) is 0 Å². The van der Waals surface area contributed by atoms with Gasteiger partial charge in [0.2, 0.25) is 0 Å². The van der Waals surface area contributed by atoms with Crippen LogP contribution < -0.4 is 4.90 Å². The van der Waals surface area contributed by atoms with Gasteiger partial charge >= 0.3 is 0 Å². The van der Waals surface area contributed by atoms with Crippen molar-refractivity contribution in [2.24, 2.45) is 0 Å². The fraction of sp³-hybridized carbons (Fsp3) is 0.111. The molecule has 0 aliphatic carbocycles. The summed E-state index contributed by atoms with van der Waals surface area (Å²) in [6, 6.07) is 13.7. The number of rotatable bonds is 3. The Morgan fingerprint density at radius 1 is 1.09 bits per heavy atom.